The molecule has 3 rings (SSSR count). The average Bonchev–Trinajstić information content (AvgIpc) is 3.48. The van der Waals surface area contributed by atoms with Crippen molar-refractivity contribution in [2.75, 3.05) is 19.7 Å². The van der Waals surface area contributed by atoms with Gasteiger partial charge in [0.15, 0.2) is 0 Å². The maximum atomic E-state index is 12.5. The van der Waals surface area contributed by atoms with Crippen LogP contribution in [0.1, 0.15) is 46.0 Å². The summed E-state index contributed by atoms with van der Waals surface area (Å²) in [5.41, 5.74) is 1.05. The highest BCUT2D eigenvalue weighted by atomic mass is 16.5. The molecule has 1 saturated carbocycles. The zero-order valence-electron chi connectivity index (χ0n) is 16.4. The summed E-state index contributed by atoms with van der Waals surface area (Å²) in [6, 6.07) is 0.287. The maximum absolute atomic E-state index is 12.5. The van der Waals surface area contributed by atoms with Crippen LogP contribution < -0.4 is 5.32 Å². The monoisotopic (exact) mass is 373 g/mol. The van der Waals surface area contributed by atoms with E-state index in [1.807, 2.05) is 18.2 Å². The van der Waals surface area contributed by atoms with Gasteiger partial charge in [-0.25, -0.2) is 4.79 Å². The molecule has 0 aromatic rings. The van der Waals surface area contributed by atoms with Gasteiger partial charge in [-0.3, -0.25) is 9.69 Å². The van der Waals surface area contributed by atoms with Crippen LogP contribution in [-0.2, 0) is 9.53 Å². The number of amides is 2. The summed E-state index contributed by atoms with van der Waals surface area (Å²) < 4.78 is 5.02. The largest absolute Gasteiger partial charge is 0.449 e. The molecule has 0 bridgehead atoms. The van der Waals surface area contributed by atoms with Gasteiger partial charge in [-0.2, -0.15) is 0 Å². The van der Waals surface area contributed by atoms with Crippen molar-refractivity contribution in [2.24, 2.45) is 11.8 Å². The molecule has 2 heterocycles. The topological polar surface area (TPSA) is 61.9 Å². The van der Waals surface area contributed by atoms with Crippen LogP contribution in [-0.4, -0.2) is 47.5 Å². The summed E-state index contributed by atoms with van der Waals surface area (Å²) in [6.45, 7) is 5.96. The molecule has 1 atom stereocenters. The molecule has 2 aliphatic heterocycles. The first-order chi connectivity index (χ1) is 13.1. The van der Waals surface area contributed by atoms with E-state index in [1.165, 1.54) is 17.7 Å². The molecular formula is C21H31N3O3. The van der Waals surface area contributed by atoms with Crippen LogP contribution in [0.5, 0.6) is 0 Å². The lowest BCUT2D eigenvalue weighted by atomic mass is 9.95. The highest BCUT2D eigenvalue weighted by molar-refractivity contribution is 5.79. The quantitative estimate of drug-likeness (QED) is 0.775. The fourth-order valence-electron chi connectivity index (χ4n) is 3.70. The predicted octanol–water partition coefficient (Wildman–Crippen LogP) is 3.39. The second-order valence-electron chi connectivity index (χ2n) is 7.71. The Hall–Kier alpha value is -2.24. The fraction of sp³-hybridized carbons (Fsp3) is 0.619. The minimum atomic E-state index is -0.379. The van der Waals surface area contributed by atoms with Gasteiger partial charge in [0.25, 0.3) is 0 Å². The molecule has 0 aromatic heterocycles. The van der Waals surface area contributed by atoms with Gasteiger partial charge in [-0.05, 0) is 57.3 Å². The number of rotatable bonds is 6. The third-order valence-electron chi connectivity index (χ3n) is 5.40. The summed E-state index contributed by atoms with van der Waals surface area (Å²) >= 11 is 0. The van der Waals surface area contributed by atoms with Gasteiger partial charge in [0.05, 0.1) is 6.61 Å². The SMILES string of the molecule is CCOC(=O)N1C=CC=C(N2CCC(C(=O)NC(C)CC3CC3)CC2)C=C1. The first-order valence-corrected chi connectivity index (χ1v) is 10.1. The third-order valence-corrected chi connectivity index (χ3v) is 5.40. The van der Waals surface area contributed by atoms with Crippen molar-refractivity contribution < 1.29 is 14.3 Å². The van der Waals surface area contributed by atoms with E-state index < -0.39 is 0 Å². The van der Waals surface area contributed by atoms with Crippen LogP contribution in [0, 0.1) is 11.8 Å². The van der Waals surface area contributed by atoms with Crippen LogP contribution in [0.25, 0.3) is 0 Å². The molecule has 0 spiro atoms. The van der Waals surface area contributed by atoms with E-state index in [-0.39, 0.29) is 24.0 Å². The summed E-state index contributed by atoms with van der Waals surface area (Å²) in [5, 5.41) is 3.20. The Morgan fingerprint density at radius 3 is 2.63 bits per heavy atom. The standard InChI is InChI=1S/C21H31N3O3/c1-3-27-21(26)24-11-4-5-19(10-14-24)23-12-8-18(9-13-23)20(25)22-16(2)15-17-6-7-17/h4-5,10-11,14,16-18H,3,6-9,12-13,15H2,1-2H3,(H,22,25). The Morgan fingerprint density at radius 1 is 1.22 bits per heavy atom. The maximum Gasteiger partial charge on any atom is 0.417 e. The average molecular weight is 373 g/mol. The van der Waals surface area contributed by atoms with Crippen molar-refractivity contribution in [3.8, 4) is 0 Å². The molecule has 1 aliphatic carbocycles. The van der Waals surface area contributed by atoms with E-state index >= 15 is 0 Å². The molecule has 148 valence electrons. The molecular weight excluding hydrogens is 342 g/mol. The fourth-order valence-corrected chi connectivity index (χ4v) is 3.70. The number of likely N-dealkylation sites (tertiary alicyclic amines) is 1. The van der Waals surface area contributed by atoms with Gasteiger partial charge >= 0.3 is 6.09 Å². The molecule has 0 aromatic carbocycles. The molecule has 1 saturated heterocycles. The van der Waals surface area contributed by atoms with Gasteiger partial charge in [-0.1, -0.05) is 12.8 Å². The van der Waals surface area contributed by atoms with E-state index in [2.05, 4.69) is 17.1 Å². The summed E-state index contributed by atoms with van der Waals surface area (Å²) in [5.74, 6) is 1.14. The number of carbonyl (C=O) groups is 2. The van der Waals surface area contributed by atoms with Crippen molar-refractivity contribution in [3.05, 3.63) is 36.3 Å². The van der Waals surface area contributed by atoms with Gasteiger partial charge in [0.1, 0.15) is 0 Å². The molecule has 6 nitrogen and oxygen atoms in total. The van der Waals surface area contributed by atoms with Gasteiger partial charge in [0.2, 0.25) is 5.91 Å². The molecule has 2 amide bonds. The molecule has 0 radical (unpaired) electrons. The predicted molar refractivity (Wildman–Crippen MR) is 104 cm³/mol. The second kappa shape index (κ2) is 9.11. The first kappa shape index (κ1) is 19.5. The summed E-state index contributed by atoms with van der Waals surface area (Å²) in [6.07, 6.45) is 14.3. The van der Waals surface area contributed by atoms with Crippen molar-refractivity contribution >= 4 is 12.0 Å². The van der Waals surface area contributed by atoms with Crippen molar-refractivity contribution in [3.63, 3.8) is 0 Å². The molecule has 27 heavy (non-hydrogen) atoms. The number of piperidine rings is 1. The Morgan fingerprint density at radius 2 is 1.96 bits per heavy atom. The van der Waals surface area contributed by atoms with E-state index in [1.54, 1.807) is 19.3 Å². The number of allylic oxidation sites excluding steroid dienone is 3. The Labute approximate surface area is 161 Å². The van der Waals surface area contributed by atoms with Crippen LogP contribution in [0.15, 0.2) is 36.3 Å². The van der Waals surface area contributed by atoms with Crippen LogP contribution >= 0.6 is 0 Å². The van der Waals surface area contributed by atoms with Crippen molar-refractivity contribution in [1.82, 2.24) is 15.1 Å². The zero-order chi connectivity index (χ0) is 19.2. The lowest BCUT2D eigenvalue weighted by Crippen LogP contribution is -2.42. The molecule has 1 unspecified atom stereocenters. The number of carbonyl (C=O) groups excluding carboxylic acids is 2. The smallest absolute Gasteiger partial charge is 0.417 e. The number of nitrogens with zero attached hydrogens (tertiary/aromatic N) is 2. The third kappa shape index (κ3) is 5.62. The van der Waals surface area contributed by atoms with E-state index in [0.717, 1.165) is 44.0 Å². The highest BCUT2D eigenvalue weighted by Crippen LogP contribution is 2.33. The molecule has 2 fully saturated rings. The number of nitrogens with one attached hydrogen (secondary N) is 1. The van der Waals surface area contributed by atoms with E-state index in [9.17, 15) is 9.59 Å². The summed E-state index contributed by atoms with van der Waals surface area (Å²) in [7, 11) is 0. The molecule has 1 N–H and O–H groups in total. The normalized spacial score (nSPS) is 21.5. The molecule has 3 aliphatic rings. The van der Waals surface area contributed by atoms with Crippen LogP contribution in [0.3, 0.4) is 0 Å². The minimum absolute atomic E-state index is 0.102. The van der Waals surface area contributed by atoms with Crippen LogP contribution in [0.2, 0.25) is 0 Å². The Kier molecular flexibility index (Phi) is 6.58. The van der Waals surface area contributed by atoms with E-state index in [0.29, 0.717) is 6.61 Å². The number of hydrogen-bond donors (Lipinski definition) is 1. The minimum Gasteiger partial charge on any atom is -0.449 e. The van der Waals surface area contributed by atoms with Gasteiger partial charge in [0, 0.05) is 43.1 Å². The summed E-state index contributed by atoms with van der Waals surface area (Å²) in [4.78, 5) is 28.0. The second-order valence-corrected chi connectivity index (χ2v) is 7.71. The number of hydrogen-bond acceptors (Lipinski definition) is 4. The number of ether oxygens (including phenoxy) is 1. The van der Waals surface area contributed by atoms with E-state index in [4.69, 9.17) is 4.74 Å². The lowest BCUT2D eigenvalue weighted by molar-refractivity contribution is -0.126. The zero-order valence-corrected chi connectivity index (χ0v) is 16.4. The Balaban J connectivity index is 1.46. The van der Waals surface area contributed by atoms with Gasteiger partial charge in [-0.15, -0.1) is 0 Å². The lowest BCUT2D eigenvalue weighted by Gasteiger charge is -2.34. The molecule has 6 heteroatoms. The first-order valence-electron chi connectivity index (χ1n) is 10.1. The van der Waals surface area contributed by atoms with Crippen molar-refractivity contribution in [2.45, 2.75) is 52.0 Å². The van der Waals surface area contributed by atoms with Crippen LogP contribution in [0.4, 0.5) is 4.79 Å². The van der Waals surface area contributed by atoms with Crippen molar-refractivity contribution in [1.29, 1.82) is 0 Å². The Bertz CT molecular complexity index is 629. The van der Waals surface area contributed by atoms with Gasteiger partial charge < -0.3 is 15.0 Å². The highest BCUT2D eigenvalue weighted by Gasteiger charge is 2.28.